The summed E-state index contributed by atoms with van der Waals surface area (Å²) in [6.07, 6.45) is 0. The number of aliphatic imine (C=N–C) groups is 1. The molecule has 2 aromatic carbocycles. The molecule has 5 rings (SSSR count). The number of benzene rings is 2. The lowest BCUT2D eigenvalue weighted by atomic mass is 10.0. The lowest BCUT2D eigenvalue weighted by Crippen LogP contribution is -2.47. The number of aromatic amines is 1. The minimum Gasteiger partial charge on any atom is -0.494 e. The van der Waals surface area contributed by atoms with Crippen LogP contribution in [-0.4, -0.2) is 65.1 Å². The van der Waals surface area contributed by atoms with E-state index in [4.69, 9.17) is 9.83 Å². The van der Waals surface area contributed by atoms with Crippen LogP contribution in [-0.2, 0) is 9.63 Å². The van der Waals surface area contributed by atoms with Gasteiger partial charge in [0.25, 0.3) is 5.91 Å². The molecule has 0 unspecified atom stereocenters. The van der Waals surface area contributed by atoms with Gasteiger partial charge >= 0.3 is 0 Å². The van der Waals surface area contributed by atoms with Crippen molar-refractivity contribution in [2.45, 2.75) is 0 Å². The molecule has 0 bridgehead atoms. The van der Waals surface area contributed by atoms with E-state index in [-0.39, 0.29) is 30.8 Å². The predicted octanol–water partition coefficient (Wildman–Crippen LogP) is 2.58. The van der Waals surface area contributed by atoms with Crippen LogP contribution in [0.4, 0.5) is 5.69 Å². The molecule has 9 heteroatoms. The number of nitrogens with one attached hydrogen (secondary N) is 2. The lowest BCUT2D eigenvalue weighted by Gasteiger charge is -2.26. The Morgan fingerprint density at radius 3 is 2.71 bits per heavy atom. The van der Waals surface area contributed by atoms with Gasteiger partial charge in [-0.1, -0.05) is 41.6 Å². The molecule has 2 aliphatic heterocycles. The summed E-state index contributed by atoms with van der Waals surface area (Å²) in [5.41, 5.74) is 3.93. The minimum atomic E-state index is -0.140. The third-order valence-corrected chi connectivity index (χ3v) is 5.35. The van der Waals surface area contributed by atoms with E-state index in [9.17, 15) is 9.90 Å². The summed E-state index contributed by atoms with van der Waals surface area (Å²) in [5, 5.41) is 18.9. The van der Waals surface area contributed by atoms with E-state index in [1.54, 1.807) is 4.90 Å². The Morgan fingerprint density at radius 1 is 1.13 bits per heavy atom. The number of carbonyl (C=O) groups is 1. The molecule has 1 amide bonds. The van der Waals surface area contributed by atoms with Gasteiger partial charge in [-0.25, -0.2) is 4.99 Å². The maximum atomic E-state index is 12.4. The molecule has 1 aromatic heterocycles. The number of H-pyrrole nitrogens is 1. The number of aromatic nitrogens is 1. The van der Waals surface area contributed by atoms with Crippen molar-refractivity contribution in [2.24, 2.45) is 10.1 Å². The highest BCUT2D eigenvalue weighted by Crippen LogP contribution is 2.35. The summed E-state index contributed by atoms with van der Waals surface area (Å²) in [6, 6.07) is 15.2. The highest BCUT2D eigenvalue weighted by atomic mass is 35.5. The Kier molecular flexibility index (Phi) is 5.92. The van der Waals surface area contributed by atoms with Crippen molar-refractivity contribution in [3.63, 3.8) is 0 Å². The van der Waals surface area contributed by atoms with Crippen molar-refractivity contribution in [3.8, 4) is 5.88 Å². The van der Waals surface area contributed by atoms with Crippen molar-refractivity contribution in [1.82, 2.24) is 15.2 Å². The van der Waals surface area contributed by atoms with Gasteiger partial charge in [0.15, 0.2) is 12.5 Å². The van der Waals surface area contributed by atoms with Crippen molar-refractivity contribution >= 4 is 46.3 Å². The molecule has 8 nitrogen and oxygen atoms in total. The smallest absolute Gasteiger partial charge is 0.263 e. The van der Waals surface area contributed by atoms with Crippen LogP contribution in [0.15, 0.2) is 58.7 Å². The summed E-state index contributed by atoms with van der Waals surface area (Å²) >= 11 is 0. The molecule has 2 aliphatic rings. The van der Waals surface area contributed by atoms with Crippen LogP contribution in [0.5, 0.6) is 5.88 Å². The number of oxime groups is 1. The van der Waals surface area contributed by atoms with E-state index in [1.165, 1.54) is 0 Å². The first kappa shape index (κ1) is 20.9. The number of halogens is 1. The van der Waals surface area contributed by atoms with Crippen LogP contribution in [0, 0.1) is 0 Å². The van der Waals surface area contributed by atoms with E-state index in [1.807, 2.05) is 48.5 Å². The van der Waals surface area contributed by atoms with Gasteiger partial charge in [0.2, 0.25) is 0 Å². The van der Waals surface area contributed by atoms with Crippen molar-refractivity contribution < 1.29 is 14.7 Å². The van der Waals surface area contributed by atoms with Crippen LogP contribution in [0.2, 0.25) is 0 Å². The number of hydrogen-bond donors (Lipinski definition) is 3. The fourth-order valence-electron chi connectivity index (χ4n) is 3.86. The maximum absolute atomic E-state index is 12.4. The predicted molar refractivity (Wildman–Crippen MR) is 122 cm³/mol. The molecular formula is C22H22ClN5O3. The second-order valence-electron chi connectivity index (χ2n) is 7.22. The summed E-state index contributed by atoms with van der Waals surface area (Å²) in [7, 11) is 0. The van der Waals surface area contributed by atoms with Crippen LogP contribution in [0.1, 0.15) is 11.1 Å². The van der Waals surface area contributed by atoms with Gasteiger partial charge in [-0.2, -0.15) is 0 Å². The van der Waals surface area contributed by atoms with Crippen LogP contribution < -0.4 is 5.32 Å². The fraction of sp³-hybridized carbons (Fsp3) is 0.227. The summed E-state index contributed by atoms with van der Waals surface area (Å²) in [4.78, 5) is 27.3. The Bertz CT molecular complexity index is 1180. The van der Waals surface area contributed by atoms with Crippen molar-refractivity contribution in [2.75, 3.05) is 32.8 Å². The summed E-state index contributed by atoms with van der Waals surface area (Å²) < 4.78 is 0. The number of piperazine rings is 1. The number of hydrogen-bond acceptors (Lipinski definition) is 6. The quantitative estimate of drug-likeness (QED) is 0.544. The number of nitrogens with zero attached hydrogens (tertiary/aromatic N) is 3. The van der Waals surface area contributed by atoms with E-state index in [2.05, 4.69) is 15.5 Å². The molecule has 0 saturated carbocycles. The maximum Gasteiger partial charge on any atom is 0.263 e. The normalized spacial score (nSPS) is 16.7. The average molecular weight is 440 g/mol. The topological polar surface area (TPSA) is 102 Å². The minimum absolute atomic E-state index is 0. The molecule has 1 saturated heterocycles. The molecule has 1 fully saturated rings. The Balaban J connectivity index is 0.00000231. The first-order valence-corrected chi connectivity index (χ1v) is 9.89. The third kappa shape index (κ3) is 3.87. The highest BCUT2D eigenvalue weighted by molar-refractivity contribution is 6.58. The van der Waals surface area contributed by atoms with Gasteiger partial charge < -0.3 is 25.1 Å². The standard InChI is InChI=1S/C22H21N5O3.ClH/c28-18(27-11-9-23-10-12-27)13-30-26-20-15-6-2-4-8-17(15)24-21(20)19-14-5-1-3-7-16(14)25-22(19)29;/h1-8,23,25,29H,9-13H2;1H/b26-20+;. The molecule has 3 N–H and O–H groups in total. The summed E-state index contributed by atoms with van der Waals surface area (Å²) in [5.74, 6) is -0.0760. The van der Waals surface area contributed by atoms with Gasteiger partial charge in [0, 0.05) is 42.6 Å². The number of rotatable bonds is 4. The van der Waals surface area contributed by atoms with Gasteiger partial charge in [0.1, 0.15) is 11.4 Å². The lowest BCUT2D eigenvalue weighted by molar-refractivity contribution is -0.136. The SMILES string of the molecule is Cl.O=C(CO/N=C1/C(c2c(O)[nH]c3ccccc23)=Nc2ccccc21)N1CCNCC1. The molecule has 160 valence electrons. The zero-order chi connectivity index (χ0) is 20.5. The number of amides is 1. The fourth-order valence-corrected chi connectivity index (χ4v) is 3.86. The zero-order valence-corrected chi connectivity index (χ0v) is 17.5. The van der Waals surface area contributed by atoms with Crippen LogP contribution >= 0.6 is 12.4 Å². The first-order chi connectivity index (χ1) is 14.7. The Hall–Kier alpha value is -3.36. The monoisotopic (exact) mass is 439 g/mol. The summed E-state index contributed by atoms with van der Waals surface area (Å²) in [6.45, 7) is 2.75. The number of carbonyl (C=O) groups excluding carboxylic acids is 1. The molecule has 0 spiro atoms. The van der Waals surface area contributed by atoms with Gasteiger partial charge in [0.05, 0.1) is 11.3 Å². The largest absolute Gasteiger partial charge is 0.494 e. The van der Waals surface area contributed by atoms with Crippen LogP contribution in [0.3, 0.4) is 0 Å². The second kappa shape index (κ2) is 8.79. The molecular weight excluding hydrogens is 418 g/mol. The molecule has 3 heterocycles. The van der Waals surface area contributed by atoms with Gasteiger partial charge in [-0.15, -0.1) is 12.4 Å². The van der Waals surface area contributed by atoms with Gasteiger partial charge in [-0.05, 0) is 12.1 Å². The third-order valence-electron chi connectivity index (χ3n) is 5.35. The molecule has 0 radical (unpaired) electrons. The van der Waals surface area contributed by atoms with E-state index in [0.29, 0.717) is 30.1 Å². The molecule has 0 aliphatic carbocycles. The number of fused-ring (bicyclic) bond motifs is 2. The highest BCUT2D eigenvalue weighted by Gasteiger charge is 2.29. The van der Waals surface area contributed by atoms with Crippen molar-refractivity contribution in [3.05, 3.63) is 59.7 Å². The average Bonchev–Trinajstić information content (AvgIpc) is 3.30. The number of aromatic hydroxyl groups is 1. The Morgan fingerprint density at radius 2 is 1.87 bits per heavy atom. The molecule has 31 heavy (non-hydrogen) atoms. The molecule has 3 aromatic rings. The van der Waals surface area contributed by atoms with Crippen LogP contribution in [0.25, 0.3) is 10.9 Å². The van der Waals surface area contributed by atoms with E-state index >= 15 is 0 Å². The van der Waals surface area contributed by atoms with E-state index in [0.717, 1.165) is 35.2 Å². The second-order valence-corrected chi connectivity index (χ2v) is 7.22. The molecule has 0 atom stereocenters. The van der Waals surface area contributed by atoms with Crippen molar-refractivity contribution in [1.29, 1.82) is 0 Å². The number of para-hydroxylation sites is 2. The Labute approximate surface area is 185 Å². The van der Waals surface area contributed by atoms with E-state index < -0.39 is 0 Å². The zero-order valence-electron chi connectivity index (χ0n) is 16.7. The van der Waals surface area contributed by atoms with Gasteiger partial charge in [-0.3, -0.25) is 4.79 Å². The first-order valence-electron chi connectivity index (χ1n) is 9.89.